The SMILES string of the molecule is Cc1ccc(NS(=O)c2ccc(C)c(C(=O)N3CCN(c4ccccc4)CC3)c2)cc1. The zero-order chi connectivity index (χ0) is 21.8. The van der Waals surface area contributed by atoms with Gasteiger partial charge in [0.25, 0.3) is 5.91 Å². The first-order valence-corrected chi connectivity index (χ1v) is 11.6. The van der Waals surface area contributed by atoms with Crippen LogP contribution in [-0.2, 0) is 11.0 Å². The van der Waals surface area contributed by atoms with Gasteiger partial charge in [0, 0.05) is 43.1 Å². The predicted octanol–water partition coefficient (Wildman–Crippen LogP) is 4.40. The molecule has 0 radical (unpaired) electrons. The van der Waals surface area contributed by atoms with Crippen molar-refractivity contribution in [3.8, 4) is 0 Å². The fraction of sp³-hybridized carbons (Fsp3) is 0.240. The molecule has 1 saturated heterocycles. The van der Waals surface area contributed by atoms with Crippen molar-refractivity contribution in [1.29, 1.82) is 0 Å². The lowest BCUT2D eigenvalue weighted by molar-refractivity contribution is 0.0746. The second kappa shape index (κ2) is 9.35. The standard InChI is InChI=1S/C25H27N3O2S/c1-19-8-11-21(12-9-19)26-31(30)23-13-10-20(2)24(18-23)25(29)28-16-14-27(15-17-28)22-6-4-3-5-7-22/h3-13,18,26H,14-17H2,1-2H3. The summed E-state index contributed by atoms with van der Waals surface area (Å²) in [5, 5.41) is 0. The van der Waals surface area contributed by atoms with Crippen LogP contribution in [0.5, 0.6) is 0 Å². The molecule has 160 valence electrons. The molecular formula is C25H27N3O2S. The minimum Gasteiger partial charge on any atom is -0.368 e. The van der Waals surface area contributed by atoms with Crippen molar-refractivity contribution in [1.82, 2.24) is 4.90 Å². The third-order valence-corrected chi connectivity index (χ3v) is 6.71. The van der Waals surface area contributed by atoms with Crippen molar-refractivity contribution in [2.24, 2.45) is 0 Å². The van der Waals surface area contributed by atoms with Gasteiger partial charge >= 0.3 is 0 Å². The van der Waals surface area contributed by atoms with Crippen LogP contribution >= 0.6 is 0 Å². The highest BCUT2D eigenvalue weighted by Crippen LogP contribution is 2.21. The number of aryl methyl sites for hydroxylation is 2. The number of carbonyl (C=O) groups excluding carboxylic acids is 1. The summed E-state index contributed by atoms with van der Waals surface area (Å²) in [6, 6.07) is 23.5. The first-order valence-electron chi connectivity index (χ1n) is 10.5. The Balaban J connectivity index is 1.45. The second-order valence-corrected chi connectivity index (χ2v) is 9.04. The van der Waals surface area contributed by atoms with E-state index in [9.17, 15) is 9.00 Å². The van der Waals surface area contributed by atoms with E-state index in [0.29, 0.717) is 23.5 Å². The highest BCUT2D eigenvalue weighted by Gasteiger charge is 2.24. The number of benzene rings is 3. The van der Waals surface area contributed by atoms with Crippen LogP contribution in [-0.4, -0.2) is 41.2 Å². The van der Waals surface area contributed by atoms with Crippen LogP contribution in [0.2, 0.25) is 0 Å². The van der Waals surface area contributed by atoms with Crippen molar-refractivity contribution < 1.29 is 9.00 Å². The molecule has 6 heteroatoms. The van der Waals surface area contributed by atoms with Gasteiger partial charge < -0.3 is 14.5 Å². The quantitative estimate of drug-likeness (QED) is 0.649. The van der Waals surface area contributed by atoms with E-state index in [1.54, 1.807) is 6.07 Å². The number of hydrogen-bond donors (Lipinski definition) is 1. The van der Waals surface area contributed by atoms with Crippen LogP contribution in [0.1, 0.15) is 21.5 Å². The number of anilines is 2. The summed E-state index contributed by atoms with van der Waals surface area (Å²) in [7, 11) is -1.44. The number of nitrogens with zero attached hydrogens (tertiary/aromatic N) is 2. The summed E-state index contributed by atoms with van der Waals surface area (Å²) >= 11 is 0. The molecule has 0 aromatic heterocycles. The number of carbonyl (C=O) groups is 1. The van der Waals surface area contributed by atoms with Crippen LogP contribution < -0.4 is 9.62 Å². The molecule has 1 N–H and O–H groups in total. The summed E-state index contributed by atoms with van der Waals surface area (Å²) in [5.74, 6) is -0.000558. The van der Waals surface area contributed by atoms with Gasteiger partial charge in [-0.1, -0.05) is 42.0 Å². The first kappa shape index (κ1) is 21.1. The van der Waals surface area contributed by atoms with E-state index >= 15 is 0 Å². The van der Waals surface area contributed by atoms with E-state index in [0.717, 1.165) is 29.9 Å². The molecule has 1 aliphatic rings. The lowest BCUT2D eigenvalue weighted by atomic mass is 10.1. The van der Waals surface area contributed by atoms with Gasteiger partial charge in [0.15, 0.2) is 0 Å². The van der Waals surface area contributed by atoms with Gasteiger partial charge in [-0.3, -0.25) is 4.79 Å². The van der Waals surface area contributed by atoms with Gasteiger partial charge in [0.1, 0.15) is 11.0 Å². The Kier molecular flexibility index (Phi) is 6.37. The normalized spacial score (nSPS) is 14.9. The van der Waals surface area contributed by atoms with Gasteiger partial charge in [-0.15, -0.1) is 0 Å². The molecule has 1 heterocycles. The Hall–Kier alpha value is -3.12. The molecule has 1 amide bonds. The third-order valence-electron chi connectivity index (χ3n) is 5.60. The molecule has 1 atom stereocenters. The van der Waals surface area contributed by atoms with E-state index in [-0.39, 0.29) is 5.91 Å². The topological polar surface area (TPSA) is 52.7 Å². The highest BCUT2D eigenvalue weighted by atomic mass is 32.2. The Labute approximate surface area is 186 Å². The van der Waals surface area contributed by atoms with Gasteiger partial charge in [-0.2, -0.15) is 0 Å². The fourth-order valence-electron chi connectivity index (χ4n) is 3.71. The van der Waals surface area contributed by atoms with E-state index in [1.807, 2.05) is 73.3 Å². The van der Waals surface area contributed by atoms with Crippen LogP contribution in [0, 0.1) is 13.8 Å². The van der Waals surface area contributed by atoms with Crippen LogP contribution in [0.15, 0.2) is 77.7 Å². The summed E-state index contributed by atoms with van der Waals surface area (Å²) < 4.78 is 15.8. The molecule has 0 aliphatic carbocycles. The van der Waals surface area contributed by atoms with Crippen LogP contribution in [0.3, 0.4) is 0 Å². The number of amides is 1. The molecule has 3 aromatic carbocycles. The molecule has 0 bridgehead atoms. The maximum atomic E-state index is 13.2. The largest absolute Gasteiger partial charge is 0.368 e. The lowest BCUT2D eigenvalue weighted by Gasteiger charge is -2.36. The third kappa shape index (κ3) is 4.97. The maximum Gasteiger partial charge on any atom is 0.254 e. The number of rotatable bonds is 5. The number of hydrogen-bond acceptors (Lipinski definition) is 3. The van der Waals surface area contributed by atoms with Crippen molar-refractivity contribution >= 4 is 28.3 Å². The monoisotopic (exact) mass is 433 g/mol. The zero-order valence-corrected chi connectivity index (χ0v) is 18.7. The van der Waals surface area contributed by atoms with Gasteiger partial charge in [-0.05, 0) is 55.8 Å². The predicted molar refractivity (Wildman–Crippen MR) is 127 cm³/mol. The number of para-hydroxylation sites is 1. The summed E-state index contributed by atoms with van der Waals surface area (Å²) in [6.45, 7) is 6.88. The van der Waals surface area contributed by atoms with Crippen molar-refractivity contribution in [2.75, 3.05) is 35.8 Å². The average molecular weight is 434 g/mol. The summed E-state index contributed by atoms with van der Waals surface area (Å²) in [5.41, 5.74) is 4.63. The molecule has 1 fully saturated rings. The Morgan fingerprint density at radius 1 is 0.871 bits per heavy atom. The zero-order valence-electron chi connectivity index (χ0n) is 17.9. The van der Waals surface area contributed by atoms with E-state index in [2.05, 4.69) is 21.8 Å². The first-order chi connectivity index (χ1) is 15.0. The molecule has 4 rings (SSSR count). The Morgan fingerprint density at radius 2 is 1.55 bits per heavy atom. The molecule has 1 aliphatic heterocycles. The lowest BCUT2D eigenvalue weighted by Crippen LogP contribution is -2.49. The maximum absolute atomic E-state index is 13.2. The summed E-state index contributed by atoms with van der Waals surface area (Å²) in [6.07, 6.45) is 0. The van der Waals surface area contributed by atoms with Crippen LogP contribution in [0.25, 0.3) is 0 Å². The smallest absolute Gasteiger partial charge is 0.254 e. The van der Waals surface area contributed by atoms with Gasteiger partial charge in [0.05, 0.1) is 4.90 Å². The van der Waals surface area contributed by atoms with E-state index in [1.165, 1.54) is 5.69 Å². The number of piperazine rings is 1. The minimum absolute atomic E-state index is 0.000558. The van der Waals surface area contributed by atoms with Crippen molar-refractivity contribution in [2.45, 2.75) is 18.7 Å². The molecule has 0 spiro atoms. The molecule has 3 aromatic rings. The molecular weight excluding hydrogens is 406 g/mol. The summed E-state index contributed by atoms with van der Waals surface area (Å²) in [4.78, 5) is 18.0. The molecule has 1 unspecified atom stereocenters. The molecule has 31 heavy (non-hydrogen) atoms. The minimum atomic E-state index is -1.44. The number of nitrogens with one attached hydrogen (secondary N) is 1. The average Bonchev–Trinajstić information content (AvgIpc) is 2.81. The van der Waals surface area contributed by atoms with Crippen LogP contribution in [0.4, 0.5) is 11.4 Å². The van der Waals surface area contributed by atoms with Crippen molar-refractivity contribution in [3.63, 3.8) is 0 Å². The van der Waals surface area contributed by atoms with Gasteiger partial charge in [0.2, 0.25) is 0 Å². The molecule has 5 nitrogen and oxygen atoms in total. The van der Waals surface area contributed by atoms with E-state index < -0.39 is 11.0 Å². The fourth-order valence-corrected chi connectivity index (χ4v) is 4.60. The van der Waals surface area contributed by atoms with E-state index in [4.69, 9.17) is 0 Å². The Morgan fingerprint density at radius 3 is 2.23 bits per heavy atom. The highest BCUT2D eigenvalue weighted by molar-refractivity contribution is 7.86. The second-order valence-electron chi connectivity index (χ2n) is 7.83. The van der Waals surface area contributed by atoms with Crippen molar-refractivity contribution in [3.05, 3.63) is 89.5 Å². The van der Waals surface area contributed by atoms with Gasteiger partial charge in [-0.25, -0.2) is 4.21 Å². The Bertz CT molecular complexity index is 1080. The molecule has 0 saturated carbocycles.